The molecule has 4 aromatic rings. The molecule has 6 rings (SSSR count). The highest BCUT2D eigenvalue weighted by molar-refractivity contribution is 5.86. The van der Waals surface area contributed by atoms with Crippen molar-refractivity contribution < 1.29 is 0 Å². The molecule has 0 radical (unpaired) electrons. The van der Waals surface area contributed by atoms with Crippen molar-refractivity contribution in [1.29, 1.82) is 0 Å². The molecule has 0 N–H and O–H groups in total. The van der Waals surface area contributed by atoms with Crippen molar-refractivity contribution in [1.82, 2.24) is 15.0 Å². The van der Waals surface area contributed by atoms with Gasteiger partial charge < -0.3 is 0 Å². The van der Waals surface area contributed by atoms with Crippen LogP contribution in [-0.2, 0) is 25.7 Å². The second-order valence-electron chi connectivity index (χ2n) is 8.94. The van der Waals surface area contributed by atoms with Gasteiger partial charge in [0.1, 0.15) is 0 Å². The van der Waals surface area contributed by atoms with Gasteiger partial charge in [0.05, 0.1) is 22.8 Å². The molecule has 152 valence electrons. The maximum Gasteiger partial charge on any atom is 0.0935 e. The summed E-state index contributed by atoms with van der Waals surface area (Å²) in [5, 5.41) is 0. The maximum atomic E-state index is 5.30. The summed E-state index contributed by atoms with van der Waals surface area (Å²) in [6, 6.07) is 17.5. The van der Waals surface area contributed by atoms with Gasteiger partial charge in [0.2, 0.25) is 0 Å². The zero-order chi connectivity index (χ0) is 20.9. The Hall–Kier alpha value is -3.33. The third kappa shape index (κ3) is 2.91. The minimum atomic E-state index is 0.520. The van der Waals surface area contributed by atoms with Gasteiger partial charge in [-0.1, -0.05) is 50.2 Å². The van der Waals surface area contributed by atoms with Crippen LogP contribution in [-0.4, -0.2) is 15.0 Å². The average molecular weight is 404 g/mol. The molecule has 0 bridgehead atoms. The van der Waals surface area contributed by atoms with Gasteiger partial charge in [-0.3, -0.25) is 9.97 Å². The predicted octanol–water partition coefficient (Wildman–Crippen LogP) is 6.19. The van der Waals surface area contributed by atoms with Crippen molar-refractivity contribution >= 4 is 0 Å². The highest BCUT2D eigenvalue weighted by Crippen LogP contribution is 2.45. The Kier molecular flexibility index (Phi) is 4.24. The van der Waals surface area contributed by atoms with Crippen molar-refractivity contribution in [2.75, 3.05) is 0 Å². The molecular formula is C28H25N3. The molecule has 3 nitrogen and oxygen atoms in total. The van der Waals surface area contributed by atoms with Gasteiger partial charge in [0.15, 0.2) is 0 Å². The Morgan fingerprint density at radius 2 is 1.26 bits per heavy atom. The summed E-state index contributed by atoms with van der Waals surface area (Å²) in [6.07, 6.45) is 7.83. The molecule has 2 aliphatic carbocycles. The number of hydrogen-bond donors (Lipinski definition) is 0. The van der Waals surface area contributed by atoms with E-state index in [1.165, 1.54) is 38.9 Å². The van der Waals surface area contributed by atoms with Gasteiger partial charge in [-0.2, -0.15) is 0 Å². The lowest BCUT2D eigenvalue weighted by atomic mass is 9.79. The standard InChI is InChI=1S/C28H25N3/c1-17(2)18-7-9-21(10-8-18)25-22-13-11-19-5-3-15-29-26(19)24(22)23-14-12-20-6-4-16-30-27(20)28(23)31-25/h3-10,15-17H,11-14H2,1-2H3. The zero-order valence-electron chi connectivity index (χ0n) is 18.0. The number of rotatable bonds is 2. The smallest absolute Gasteiger partial charge is 0.0935 e. The van der Waals surface area contributed by atoms with Crippen LogP contribution in [0.15, 0.2) is 60.9 Å². The fraction of sp³-hybridized carbons (Fsp3) is 0.250. The molecular weight excluding hydrogens is 378 g/mol. The van der Waals surface area contributed by atoms with Crippen molar-refractivity contribution in [3.8, 4) is 33.9 Å². The summed E-state index contributed by atoms with van der Waals surface area (Å²) in [6.45, 7) is 4.47. The minimum absolute atomic E-state index is 0.520. The fourth-order valence-corrected chi connectivity index (χ4v) is 5.14. The summed E-state index contributed by atoms with van der Waals surface area (Å²) in [5.74, 6) is 0.520. The van der Waals surface area contributed by atoms with Gasteiger partial charge in [-0.25, -0.2) is 4.98 Å². The number of nitrogens with zero attached hydrogens (tertiary/aromatic N) is 3. The predicted molar refractivity (Wildman–Crippen MR) is 125 cm³/mol. The van der Waals surface area contributed by atoms with E-state index in [4.69, 9.17) is 15.0 Å². The summed E-state index contributed by atoms with van der Waals surface area (Å²) in [7, 11) is 0. The Morgan fingerprint density at radius 1 is 0.645 bits per heavy atom. The van der Waals surface area contributed by atoms with Crippen molar-refractivity contribution in [3.05, 3.63) is 88.7 Å². The largest absolute Gasteiger partial charge is 0.256 e. The van der Waals surface area contributed by atoms with Crippen molar-refractivity contribution in [3.63, 3.8) is 0 Å². The molecule has 0 fully saturated rings. The third-order valence-electron chi connectivity index (χ3n) is 6.78. The molecule has 0 amide bonds. The first kappa shape index (κ1) is 18.4. The van der Waals surface area contributed by atoms with E-state index in [1.54, 1.807) is 0 Å². The molecule has 0 saturated heterocycles. The fourth-order valence-electron chi connectivity index (χ4n) is 5.14. The molecule has 3 aromatic heterocycles. The van der Waals surface area contributed by atoms with Crippen molar-refractivity contribution in [2.45, 2.75) is 45.4 Å². The van der Waals surface area contributed by atoms with Gasteiger partial charge in [-0.15, -0.1) is 0 Å². The number of aryl methyl sites for hydroxylation is 2. The second-order valence-corrected chi connectivity index (χ2v) is 8.94. The van der Waals surface area contributed by atoms with Crippen LogP contribution in [0.25, 0.3) is 33.9 Å². The Bertz CT molecular complexity index is 1300. The van der Waals surface area contributed by atoms with Crippen LogP contribution in [0.4, 0.5) is 0 Å². The van der Waals surface area contributed by atoms with E-state index < -0.39 is 0 Å². The average Bonchev–Trinajstić information content (AvgIpc) is 2.83. The number of fused-ring (bicyclic) bond motifs is 7. The topological polar surface area (TPSA) is 38.7 Å². The second kappa shape index (κ2) is 7.12. The molecule has 0 aliphatic heterocycles. The summed E-state index contributed by atoms with van der Waals surface area (Å²) >= 11 is 0. The van der Waals surface area contributed by atoms with Gasteiger partial charge in [-0.05, 0) is 71.6 Å². The minimum Gasteiger partial charge on any atom is -0.256 e. The lowest BCUT2D eigenvalue weighted by molar-refractivity contribution is 0.865. The van der Waals surface area contributed by atoms with Crippen LogP contribution in [0.2, 0.25) is 0 Å². The van der Waals surface area contributed by atoms with Crippen LogP contribution in [0.1, 0.15) is 47.6 Å². The van der Waals surface area contributed by atoms with E-state index in [0.29, 0.717) is 5.92 Å². The molecule has 0 unspecified atom stereocenters. The summed E-state index contributed by atoms with van der Waals surface area (Å²) in [4.78, 5) is 14.9. The van der Waals surface area contributed by atoms with E-state index in [0.717, 1.165) is 48.5 Å². The zero-order valence-corrected chi connectivity index (χ0v) is 18.0. The Labute approximate surface area is 183 Å². The lowest BCUT2D eigenvalue weighted by Gasteiger charge is -2.28. The molecule has 1 aromatic carbocycles. The van der Waals surface area contributed by atoms with E-state index in [-0.39, 0.29) is 0 Å². The molecule has 3 heteroatoms. The first-order chi connectivity index (χ1) is 15.2. The van der Waals surface area contributed by atoms with Crippen LogP contribution in [0.5, 0.6) is 0 Å². The maximum absolute atomic E-state index is 5.30. The highest BCUT2D eigenvalue weighted by Gasteiger charge is 2.30. The monoisotopic (exact) mass is 403 g/mol. The first-order valence-corrected chi connectivity index (χ1v) is 11.3. The van der Waals surface area contributed by atoms with Crippen molar-refractivity contribution in [2.24, 2.45) is 0 Å². The molecule has 0 atom stereocenters. The summed E-state index contributed by atoms with van der Waals surface area (Å²) < 4.78 is 0. The normalized spacial score (nSPS) is 13.9. The number of aromatic nitrogens is 3. The summed E-state index contributed by atoms with van der Waals surface area (Å²) in [5.41, 5.74) is 13.5. The van der Waals surface area contributed by atoms with Gasteiger partial charge in [0, 0.05) is 23.5 Å². The van der Waals surface area contributed by atoms with Crippen LogP contribution in [0, 0.1) is 0 Å². The molecule has 2 aliphatic rings. The van der Waals surface area contributed by atoms with E-state index >= 15 is 0 Å². The number of benzene rings is 1. The van der Waals surface area contributed by atoms with Crippen LogP contribution in [0.3, 0.4) is 0 Å². The van der Waals surface area contributed by atoms with Gasteiger partial charge >= 0.3 is 0 Å². The number of pyridine rings is 3. The first-order valence-electron chi connectivity index (χ1n) is 11.3. The molecule has 3 heterocycles. The molecule has 0 spiro atoms. The Morgan fingerprint density at radius 3 is 1.94 bits per heavy atom. The van der Waals surface area contributed by atoms with E-state index in [2.05, 4.69) is 56.3 Å². The van der Waals surface area contributed by atoms with E-state index in [9.17, 15) is 0 Å². The number of hydrogen-bond acceptors (Lipinski definition) is 3. The highest BCUT2D eigenvalue weighted by atomic mass is 14.8. The van der Waals surface area contributed by atoms with Gasteiger partial charge in [0.25, 0.3) is 0 Å². The van der Waals surface area contributed by atoms with Crippen LogP contribution >= 0.6 is 0 Å². The van der Waals surface area contributed by atoms with Crippen LogP contribution < -0.4 is 0 Å². The molecule has 0 saturated carbocycles. The van der Waals surface area contributed by atoms with E-state index in [1.807, 2.05) is 18.5 Å². The third-order valence-corrected chi connectivity index (χ3v) is 6.78. The molecule has 31 heavy (non-hydrogen) atoms. The lowest BCUT2D eigenvalue weighted by Crippen LogP contribution is -2.16. The SMILES string of the molecule is CC(C)c1ccc(-c2nc3c(c4c2CCc2cccnc2-4)CCc2cccnc2-3)cc1. The quantitative estimate of drug-likeness (QED) is 0.400. The Balaban J connectivity index is 1.65.